The third kappa shape index (κ3) is 4.67. The van der Waals surface area contributed by atoms with Gasteiger partial charge in [-0.15, -0.1) is 0 Å². The molecule has 1 aliphatic heterocycles. The molecule has 1 saturated heterocycles. The number of benzene rings is 2. The van der Waals surface area contributed by atoms with Crippen molar-refractivity contribution in [3.8, 4) is 5.69 Å². The van der Waals surface area contributed by atoms with Crippen molar-refractivity contribution in [3.63, 3.8) is 0 Å². The highest BCUT2D eigenvalue weighted by atomic mass is 35.5. The van der Waals surface area contributed by atoms with Gasteiger partial charge >= 0.3 is 0 Å². The molecule has 1 amide bonds. The van der Waals surface area contributed by atoms with Crippen LogP contribution in [0.15, 0.2) is 42.7 Å². The molecule has 1 aromatic heterocycles. The summed E-state index contributed by atoms with van der Waals surface area (Å²) in [6.07, 6.45) is 1.85. The Bertz CT molecular complexity index is 1120. The van der Waals surface area contributed by atoms with Gasteiger partial charge in [0, 0.05) is 38.2 Å². The maximum absolute atomic E-state index is 15.0. The fourth-order valence-electron chi connectivity index (χ4n) is 3.79. The van der Waals surface area contributed by atoms with E-state index in [4.69, 9.17) is 23.2 Å². The third-order valence-electron chi connectivity index (χ3n) is 5.41. The summed E-state index contributed by atoms with van der Waals surface area (Å²) in [5.41, 5.74) is 1.97. The molecule has 162 valence electrons. The van der Waals surface area contributed by atoms with Crippen LogP contribution in [0.1, 0.15) is 24.7 Å². The molecule has 1 atom stereocenters. The second-order valence-electron chi connectivity index (χ2n) is 7.69. The lowest BCUT2D eigenvalue weighted by atomic mass is 10.1. The highest BCUT2D eigenvalue weighted by Gasteiger charge is 2.28. The Morgan fingerprint density at radius 1 is 1.16 bits per heavy atom. The average molecular weight is 462 g/mol. The molecule has 1 unspecified atom stereocenters. The van der Waals surface area contributed by atoms with Crippen LogP contribution in [0.4, 0.5) is 10.1 Å². The first-order chi connectivity index (χ1) is 14.8. The van der Waals surface area contributed by atoms with Gasteiger partial charge in [0.05, 0.1) is 21.4 Å². The van der Waals surface area contributed by atoms with Crippen molar-refractivity contribution in [2.75, 3.05) is 18.0 Å². The van der Waals surface area contributed by atoms with Crippen molar-refractivity contribution in [1.82, 2.24) is 19.7 Å². The van der Waals surface area contributed by atoms with E-state index in [9.17, 15) is 9.18 Å². The van der Waals surface area contributed by atoms with Gasteiger partial charge in [0.1, 0.15) is 18.0 Å². The fraction of sp³-hybridized carbons (Fsp3) is 0.318. The monoisotopic (exact) mass is 461 g/mol. The molecule has 6 nitrogen and oxygen atoms in total. The van der Waals surface area contributed by atoms with Crippen LogP contribution < -0.4 is 4.90 Å². The number of rotatable bonds is 4. The first-order valence-corrected chi connectivity index (χ1v) is 10.7. The van der Waals surface area contributed by atoms with Crippen LogP contribution in [-0.2, 0) is 11.3 Å². The average Bonchev–Trinajstić information content (AvgIpc) is 3.12. The molecular formula is C22H22Cl2FN5O. The van der Waals surface area contributed by atoms with E-state index in [0.717, 1.165) is 5.56 Å². The second-order valence-corrected chi connectivity index (χ2v) is 8.50. The van der Waals surface area contributed by atoms with Crippen molar-refractivity contribution >= 4 is 34.8 Å². The Morgan fingerprint density at radius 2 is 1.97 bits per heavy atom. The summed E-state index contributed by atoms with van der Waals surface area (Å²) in [5, 5.41) is 5.16. The summed E-state index contributed by atoms with van der Waals surface area (Å²) in [5.74, 6) is 0.283. The van der Waals surface area contributed by atoms with E-state index in [1.807, 2.05) is 22.8 Å². The summed E-state index contributed by atoms with van der Waals surface area (Å²) < 4.78 is 16.5. The Hall–Kier alpha value is -2.64. The first kappa shape index (κ1) is 21.6. The number of aromatic nitrogens is 3. The summed E-state index contributed by atoms with van der Waals surface area (Å²) in [7, 11) is 0. The van der Waals surface area contributed by atoms with E-state index < -0.39 is 0 Å². The zero-order valence-electron chi connectivity index (χ0n) is 17.2. The molecule has 0 bridgehead atoms. The first-order valence-electron chi connectivity index (χ1n) is 9.98. The van der Waals surface area contributed by atoms with Gasteiger partial charge in [0.2, 0.25) is 5.91 Å². The molecule has 0 saturated carbocycles. The Labute approximate surface area is 190 Å². The van der Waals surface area contributed by atoms with Crippen molar-refractivity contribution < 1.29 is 9.18 Å². The standard InChI is InChI=1S/C22H22Cl2FN5O/c1-14-11-28(21-6-4-17(10-20(21)25)30-13-26-15(2)27-30)8-7-22(31)29(14)12-16-3-5-18(23)19(24)9-16/h3-6,9-10,13-14H,7-8,11-12H2,1-2H3. The molecule has 9 heteroatoms. The lowest BCUT2D eigenvalue weighted by molar-refractivity contribution is -0.132. The lowest BCUT2D eigenvalue weighted by Gasteiger charge is -2.30. The minimum atomic E-state index is -0.358. The van der Waals surface area contributed by atoms with Crippen LogP contribution >= 0.6 is 23.2 Å². The third-order valence-corrected chi connectivity index (χ3v) is 6.15. The number of anilines is 1. The molecule has 2 aromatic carbocycles. The maximum atomic E-state index is 15.0. The maximum Gasteiger partial charge on any atom is 0.224 e. The molecule has 2 heterocycles. The number of carbonyl (C=O) groups excluding carboxylic acids is 1. The molecule has 0 radical (unpaired) electrons. The second kappa shape index (κ2) is 8.85. The van der Waals surface area contributed by atoms with Crippen LogP contribution in [0.5, 0.6) is 0 Å². The highest BCUT2D eigenvalue weighted by Crippen LogP contribution is 2.27. The zero-order valence-corrected chi connectivity index (χ0v) is 18.7. The van der Waals surface area contributed by atoms with E-state index in [2.05, 4.69) is 10.1 Å². The summed E-state index contributed by atoms with van der Waals surface area (Å²) in [6, 6.07) is 10.2. The zero-order chi connectivity index (χ0) is 22.1. The summed E-state index contributed by atoms with van der Waals surface area (Å²) in [6.45, 7) is 5.14. The van der Waals surface area contributed by atoms with E-state index in [0.29, 0.717) is 53.3 Å². The van der Waals surface area contributed by atoms with Crippen LogP contribution in [0, 0.1) is 12.7 Å². The number of nitrogens with zero attached hydrogens (tertiary/aromatic N) is 5. The number of hydrogen-bond donors (Lipinski definition) is 0. The predicted octanol–water partition coefficient (Wildman–Crippen LogP) is 4.65. The van der Waals surface area contributed by atoms with Gasteiger partial charge in [-0.3, -0.25) is 4.79 Å². The molecule has 31 heavy (non-hydrogen) atoms. The molecule has 3 aromatic rings. The Kier molecular flexibility index (Phi) is 6.16. The summed E-state index contributed by atoms with van der Waals surface area (Å²) >= 11 is 12.1. The molecule has 0 aliphatic carbocycles. The van der Waals surface area contributed by atoms with E-state index in [1.165, 1.54) is 10.7 Å². The highest BCUT2D eigenvalue weighted by molar-refractivity contribution is 6.42. The van der Waals surface area contributed by atoms with Crippen molar-refractivity contribution in [1.29, 1.82) is 0 Å². The largest absolute Gasteiger partial charge is 0.367 e. The normalized spacial score (nSPS) is 17.2. The number of amides is 1. The van der Waals surface area contributed by atoms with Crippen molar-refractivity contribution in [3.05, 3.63) is 70.0 Å². The van der Waals surface area contributed by atoms with Crippen molar-refractivity contribution in [2.45, 2.75) is 32.9 Å². The van der Waals surface area contributed by atoms with Crippen LogP contribution in [0.3, 0.4) is 0 Å². The van der Waals surface area contributed by atoms with E-state index in [-0.39, 0.29) is 17.8 Å². The number of hydrogen-bond acceptors (Lipinski definition) is 4. The minimum absolute atomic E-state index is 0.0243. The molecule has 1 aliphatic rings. The number of aryl methyl sites for hydroxylation is 1. The molecular weight excluding hydrogens is 440 g/mol. The fourth-order valence-corrected chi connectivity index (χ4v) is 4.11. The molecule has 0 spiro atoms. The van der Waals surface area contributed by atoms with Gasteiger partial charge in [-0.25, -0.2) is 14.1 Å². The van der Waals surface area contributed by atoms with Gasteiger partial charge in [-0.2, -0.15) is 5.10 Å². The van der Waals surface area contributed by atoms with Gasteiger partial charge in [-0.1, -0.05) is 29.3 Å². The van der Waals surface area contributed by atoms with Gasteiger partial charge in [0.25, 0.3) is 0 Å². The van der Waals surface area contributed by atoms with Crippen LogP contribution in [0.25, 0.3) is 5.69 Å². The van der Waals surface area contributed by atoms with Crippen LogP contribution in [0.2, 0.25) is 10.0 Å². The van der Waals surface area contributed by atoms with Crippen molar-refractivity contribution in [2.24, 2.45) is 0 Å². The minimum Gasteiger partial charge on any atom is -0.367 e. The van der Waals surface area contributed by atoms with Crippen LogP contribution in [-0.4, -0.2) is 44.7 Å². The number of halogens is 3. The molecule has 1 fully saturated rings. The summed E-state index contributed by atoms with van der Waals surface area (Å²) in [4.78, 5) is 20.6. The molecule has 4 rings (SSSR count). The SMILES string of the molecule is Cc1ncn(-c2ccc(N3CCC(=O)N(Cc4ccc(Cl)c(Cl)c4)C(C)C3)c(F)c2)n1. The van der Waals surface area contributed by atoms with E-state index in [1.54, 1.807) is 37.5 Å². The topological polar surface area (TPSA) is 54.3 Å². The molecule has 0 N–H and O–H groups in total. The van der Waals surface area contributed by atoms with E-state index >= 15 is 0 Å². The smallest absolute Gasteiger partial charge is 0.224 e. The van der Waals surface area contributed by atoms with Gasteiger partial charge in [0.15, 0.2) is 0 Å². The Balaban J connectivity index is 1.52. The van der Waals surface area contributed by atoms with Gasteiger partial charge < -0.3 is 9.80 Å². The van der Waals surface area contributed by atoms with Gasteiger partial charge in [-0.05, 0) is 43.7 Å². The Morgan fingerprint density at radius 3 is 2.65 bits per heavy atom. The lowest BCUT2D eigenvalue weighted by Crippen LogP contribution is -2.41. The predicted molar refractivity (Wildman–Crippen MR) is 119 cm³/mol. The quantitative estimate of drug-likeness (QED) is 0.567. The number of carbonyl (C=O) groups is 1.